The van der Waals surface area contributed by atoms with E-state index in [1.54, 1.807) is 12.1 Å². The van der Waals surface area contributed by atoms with Crippen molar-refractivity contribution in [2.24, 2.45) is 0 Å². The van der Waals surface area contributed by atoms with Crippen LogP contribution in [0.2, 0.25) is 0 Å². The summed E-state index contributed by atoms with van der Waals surface area (Å²) in [6.45, 7) is 2.28. The molecule has 34 heavy (non-hydrogen) atoms. The number of amides is 2. The molecule has 3 heterocycles. The fourth-order valence-electron chi connectivity index (χ4n) is 3.66. The lowest BCUT2D eigenvalue weighted by Crippen LogP contribution is -2.43. The SMILES string of the molecule is COCc1cc(NC(=O)c2cnn3c2C(=O)N(c2ccc(C(F)(F)F)cc2)C[C@@H]3C)ccn1.S. The number of nitrogens with zero attached hydrogens (tertiary/aromatic N) is 4. The molecule has 0 spiro atoms. The maximum absolute atomic E-state index is 13.3. The van der Waals surface area contributed by atoms with Crippen molar-refractivity contribution in [1.82, 2.24) is 14.8 Å². The van der Waals surface area contributed by atoms with Gasteiger partial charge in [0.15, 0.2) is 0 Å². The maximum atomic E-state index is 13.3. The topological polar surface area (TPSA) is 89.3 Å². The Morgan fingerprint density at radius 3 is 2.59 bits per heavy atom. The van der Waals surface area contributed by atoms with Crippen molar-refractivity contribution in [3.63, 3.8) is 0 Å². The van der Waals surface area contributed by atoms with Gasteiger partial charge in [-0.3, -0.25) is 19.3 Å². The molecule has 1 aliphatic heterocycles. The molecule has 0 radical (unpaired) electrons. The first kappa shape index (κ1) is 25.2. The number of alkyl halides is 3. The number of rotatable bonds is 5. The van der Waals surface area contributed by atoms with Crippen LogP contribution in [0.5, 0.6) is 0 Å². The average Bonchev–Trinajstić information content (AvgIpc) is 3.23. The van der Waals surface area contributed by atoms with Crippen LogP contribution in [-0.4, -0.2) is 40.2 Å². The number of fused-ring (bicyclic) bond motifs is 1. The van der Waals surface area contributed by atoms with Crippen molar-refractivity contribution in [2.45, 2.75) is 25.7 Å². The van der Waals surface area contributed by atoms with Crippen molar-refractivity contribution in [3.05, 3.63) is 71.3 Å². The molecule has 8 nitrogen and oxygen atoms in total. The standard InChI is InChI=1S/C22H20F3N5O3.H2S/c1-13-11-29(17-5-3-14(4-6-17)22(23,24)25)21(32)19-18(10-27-30(13)19)20(31)28-15-7-8-26-16(9-15)12-33-2;/h3-10,13H,11-12H2,1-2H3,(H,26,28,31);1H2/t13-;/m0./s1. The lowest BCUT2D eigenvalue weighted by molar-refractivity contribution is -0.137. The van der Waals surface area contributed by atoms with Gasteiger partial charge < -0.3 is 15.0 Å². The van der Waals surface area contributed by atoms with Gasteiger partial charge in [0.25, 0.3) is 11.8 Å². The highest BCUT2D eigenvalue weighted by molar-refractivity contribution is 7.59. The van der Waals surface area contributed by atoms with E-state index in [4.69, 9.17) is 4.74 Å². The van der Waals surface area contributed by atoms with Crippen molar-refractivity contribution in [1.29, 1.82) is 0 Å². The fourth-order valence-corrected chi connectivity index (χ4v) is 3.66. The zero-order valence-corrected chi connectivity index (χ0v) is 19.3. The van der Waals surface area contributed by atoms with Crippen LogP contribution in [0.3, 0.4) is 0 Å². The summed E-state index contributed by atoms with van der Waals surface area (Å²) in [5.41, 5.74) is 0.713. The van der Waals surface area contributed by atoms with Crippen LogP contribution in [0.15, 0.2) is 48.8 Å². The molecule has 4 rings (SSSR count). The van der Waals surface area contributed by atoms with Crippen molar-refractivity contribution in [3.8, 4) is 0 Å². The van der Waals surface area contributed by atoms with Gasteiger partial charge in [0.05, 0.1) is 35.7 Å². The second-order valence-electron chi connectivity index (χ2n) is 7.58. The van der Waals surface area contributed by atoms with Gasteiger partial charge in [-0.1, -0.05) is 0 Å². The quantitative estimate of drug-likeness (QED) is 0.580. The van der Waals surface area contributed by atoms with E-state index in [-0.39, 0.29) is 43.9 Å². The van der Waals surface area contributed by atoms with Crippen molar-refractivity contribution < 1.29 is 27.5 Å². The molecule has 0 saturated carbocycles. The van der Waals surface area contributed by atoms with E-state index in [2.05, 4.69) is 15.4 Å². The number of benzene rings is 1. The number of carbonyl (C=O) groups is 2. The summed E-state index contributed by atoms with van der Waals surface area (Å²) in [6, 6.07) is 7.29. The molecule has 0 aliphatic carbocycles. The van der Waals surface area contributed by atoms with E-state index in [0.29, 0.717) is 17.1 Å². The molecule has 0 unspecified atom stereocenters. The van der Waals surface area contributed by atoms with E-state index < -0.39 is 23.6 Å². The Kier molecular flexibility index (Phi) is 7.32. The van der Waals surface area contributed by atoms with E-state index in [1.165, 1.54) is 41.2 Å². The highest BCUT2D eigenvalue weighted by Gasteiger charge is 2.36. The summed E-state index contributed by atoms with van der Waals surface area (Å²) < 4.78 is 45.2. The second-order valence-corrected chi connectivity index (χ2v) is 7.58. The number of methoxy groups -OCH3 is 1. The van der Waals surface area contributed by atoms with Gasteiger partial charge in [0.1, 0.15) is 5.69 Å². The third kappa shape index (κ3) is 4.92. The molecule has 2 amide bonds. The third-order valence-corrected chi connectivity index (χ3v) is 5.23. The number of halogens is 3. The Hall–Kier alpha value is -3.38. The number of nitrogens with one attached hydrogen (secondary N) is 1. The molecule has 0 bridgehead atoms. The number of carbonyl (C=O) groups excluding carboxylic acids is 2. The highest BCUT2D eigenvalue weighted by atomic mass is 32.1. The van der Waals surface area contributed by atoms with Gasteiger partial charge in [0, 0.05) is 31.2 Å². The number of hydrogen-bond donors (Lipinski definition) is 1. The molecule has 1 aliphatic rings. The number of ether oxygens (including phenoxy) is 1. The van der Waals surface area contributed by atoms with E-state index >= 15 is 0 Å². The molecule has 1 atom stereocenters. The van der Waals surface area contributed by atoms with Gasteiger partial charge in [-0.15, -0.1) is 0 Å². The van der Waals surface area contributed by atoms with E-state index in [0.717, 1.165) is 12.1 Å². The third-order valence-electron chi connectivity index (χ3n) is 5.23. The summed E-state index contributed by atoms with van der Waals surface area (Å²) in [6.07, 6.45) is -1.64. The van der Waals surface area contributed by atoms with Crippen LogP contribution >= 0.6 is 13.5 Å². The van der Waals surface area contributed by atoms with Crippen LogP contribution in [0.25, 0.3) is 0 Å². The van der Waals surface area contributed by atoms with Crippen molar-refractivity contribution in [2.75, 3.05) is 23.9 Å². The van der Waals surface area contributed by atoms with E-state index in [9.17, 15) is 22.8 Å². The predicted octanol–water partition coefficient (Wildman–Crippen LogP) is 4.03. The Balaban J connectivity index is 0.00000324. The summed E-state index contributed by atoms with van der Waals surface area (Å²) in [5, 5.41) is 6.92. The summed E-state index contributed by atoms with van der Waals surface area (Å²) in [4.78, 5) is 31.7. The Labute approximate surface area is 200 Å². The lowest BCUT2D eigenvalue weighted by Gasteiger charge is -2.32. The number of aromatic nitrogens is 3. The van der Waals surface area contributed by atoms with Gasteiger partial charge in [0.2, 0.25) is 0 Å². The smallest absolute Gasteiger partial charge is 0.378 e. The summed E-state index contributed by atoms with van der Waals surface area (Å²) in [5.74, 6) is -1.06. The molecule has 1 aromatic carbocycles. The average molecular weight is 494 g/mol. The van der Waals surface area contributed by atoms with Gasteiger partial charge >= 0.3 is 6.18 Å². The van der Waals surface area contributed by atoms with Crippen LogP contribution in [-0.2, 0) is 17.5 Å². The van der Waals surface area contributed by atoms with Crippen LogP contribution in [0, 0.1) is 0 Å². The molecular formula is C22H22F3N5O3S. The van der Waals surface area contributed by atoms with Gasteiger partial charge in [-0.05, 0) is 43.3 Å². The second kappa shape index (κ2) is 9.85. The minimum atomic E-state index is -4.47. The first-order valence-corrected chi connectivity index (χ1v) is 10.0. The first-order valence-electron chi connectivity index (χ1n) is 10.0. The molecule has 0 saturated heterocycles. The molecule has 12 heteroatoms. The monoisotopic (exact) mass is 493 g/mol. The first-order chi connectivity index (χ1) is 15.7. The van der Waals surface area contributed by atoms with Crippen molar-refractivity contribution >= 4 is 36.7 Å². The van der Waals surface area contributed by atoms with Crippen LogP contribution in [0.4, 0.5) is 24.5 Å². The molecule has 180 valence electrons. The van der Waals surface area contributed by atoms with Crippen LogP contribution in [0.1, 0.15) is 45.1 Å². The predicted molar refractivity (Wildman–Crippen MR) is 123 cm³/mol. The normalized spacial score (nSPS) is 15.5. The Morgan fingerprint density at radius 1 is 1.24 bits per heavy atom. The fraction of sp³-hybridized carbons (Fsp3) is 0.273. The minimum Gasteiger partial charge on any atom is -0.378 e. The van der Waals surface area contributed by atoms with E-state index in [1.807, 2.05) is 6.92 Å². The summed E-state index contributed by atoms with van der Waals surface area (Å²) in [7, 11) is 1.53. The largest absolute Gasteiger partial charge is 0.416 e. The lowest BCUT2D eigenvalue weighted by atomic mass is 10.1. The minimum absolute atomic E-state index is 0. The summed E-state index contributed by atoms with van der Waals surface area (Å²) >= 11 is 0. The zero-order valence-electron chi connectivity index (χ0n) is 18.3. The number of hydrogen-bond acceptors (Lipinski definition) is 5. The maximum Gasteiger partial charge on any atom is 0.416 e. The zero-order chi connectivity index (χ0) is 23.8. The molecular weight excluding hydrogens is 471 g/mol. The number of anilines is 2. The molecule has 2 aromatic heterocycles. The van der Waals surface area contributed by atoms with Gasteiger partial charge in [-0.2, -0.15) is 31.8 Å². The Bertz CT molecular complexity index is 1200. The van der Waals surface area contributed by atoms with Gasteiger partial charge in [-0.25, -0.2) is 0 Å². The number of pyridine rings is 1. The molecule has 1 N–H and O–H groups in total. The van der Waals surface area contributed by atoms with Crippen LogP contribution < -0.4 is 10.2 Å². The molecule has 3 aromatic rings. The molecule has 0 fully saturated rings. The Morgan fingerprint density at radius 2 is 1.94 bits per heavy atom. The highest BCUT2D eigenvalue weighted by Crippen LogP contribution is 2.33.